The second kappa shape index (κ2) is 4.38. The Labute approximate surface area is 103 Å². The predicted molar refractivity (Wildman–Crippen MR) is 55.5 cm³/mol. The van der Waals surface area contributed by atoms with Crippen molar-refractivity contribution in [3.63, 3.8) is 0 Å². The number of aromatic carboxylic acids is 1. The van der Waals surface area contributed by atoms with Crippen molar-refractivity contribution in [3.05, 3.63) is 47.5 Å². The minimum atomic E-state index is -4.77. The molecule has 1 aromatic carbocycles. The van der Waals surface area contributed by atoms with E-state index in [1.54, 1.807) is 0 Å². The van der Waals surface area contributed by atoms with E-state index in [9.17, 15) is 22.4 Å². The second-order valence-corrected chi connectivity index (χ2v) is 3.61. The van der Waals surface area contributed by atoms with Crippen molar-refractivity contribution in [2.24, 2.45) is 0 Å². The highest BCUT2D eigenvalue weighted by atomic mass is 19.4. The Morgan fingerprint density at radius 1 is 1.21 bits per heavy atom. The lowest BCUT2D eigenvalue weighted by Gasteiger charge is -2.09. The fraction of sp³-hybridized carbons (Fsp3) is 0.0909. The maximum atomic E-state index is 12.8. The first-order valence-corrected chi connectivity index (χ1v) is 4.95. The Kier molecular flexibility index (Phi) is 3.01. The van der Waals surface area contributed by atoms with Crippen molar-refractivity contribution in [2.75, 3.05) is 0 Å². The van der Waals surface area contributed by atoms with E-state index < -0.39 is 29.4 Å². The van der Waals surface area contributed by atoms with Gasteiger partial charge in [-0.3, -0.25) is 0 Å². The summed E-state index contributed by atoms with van der Waals surface area (Å²) >= 11 is 0. The minimum Gasteiger partial charge on any atom is -0.476 e. The quantitative estimate of drug-likeness (QED) is 0.857. The summed E-state index contributed by atoms with van der Waals surface area (Å²) in [5.41, 5.74) is -2.06. The van der Waals surface area contributed by atoms with Gasteiger partial charge in [0, 0.05) is 6.07 Å². The van der Waals surface area contributed by atoms with Gasteiger partial charge in [0.25, 0.3) is 0 Å². The molecule has 19 heavy (non-hydrogen) atoms. The molecule has 1 N–H and O–H groups in total. The Morgan fingerprint density at radius 2 is 1.79 bits per heavy atom. The highest BCUT2D eigenvalue weighted by Crippen LogP contribution is 2.31. The molecule has 0 saturated heterocycles. The number of carbonyl (C=O) groups is 1. The molecule has 8 heteroatoms. The maximum absolute atomic E-state index is 12.8. The summed E-state index contributed by atoms with van der Waals surface area (Å²) in [5, 5.41) is 12.0. The molecule has 0 aliphatic heterocycles. The van der Waals surface area contributed by atoms with Gasteiger partial charge in [0.2, 0.25) is 0 Å². The average Bonchev–Trinajstić information content (AvgIpc) is 2.74. The van der Waals surface area contributed by atoms with Gasteiger partial charge in [-0.15, -0.1) is 0 Å². The molecular formula is C11H6F4N2O2. The van der Waals surface area contributed by atoms with Gasteiger partial charge in [0.1, 0.15) is 11.5 Å². The monoisotopic (exact) mass is 274 g/mol. The molecule has 1 heterocycles. The van der Waals surface area contributed by atoms with Crippen LogP contribution in [0.2, 0.25) is 0 Å². The molecule has 0 spiro atoms. The van der Waals surface area contributed by atoms with Crippen LogP contribution in [-0.4, -0.2) is 20.9 Å². The number of hydrogen-bond donors (Lipinski definition) is 1. The zero-order valence-corrected chi connectivity index (χ0v) is 9.15. The molecule has 1 aromatic heterocycles. The predicted octanol–water partition coefficient (Wildman–Crippen LogP) is 2.73. The lowest BCUT2D eigenvalue weighted by atomic mass is 10.3. The molecule has 0 aliphatic rings. The van der Waals surface area contributed by atoms with E-state index in [0.29, 0.717) is 10.7 Å². The van der Waals surface area contributed by atoms with Gasteiger partial charge < -0.3 is 5.11 Å². The van der Waals surface area contributed by atoms with Crippen molar-refractivity contribution in [1.82, 2.24) is 9.78 Å². The molecule has 4 nitrogen and oxygen atoms in total. The molecule has 100 valence electrons. The number of aromatic nitrogens is 2. The minimum absolute atomic E-state index is 0.0822. The number of halogens is 4. The first-order chi connectivity index (χ1) is 8.79. The van der Waals surface area contributed by atoms with Gasteiger partial charge in [0.15, 0.2) is 5.69 Å². The molecular weight excluding hydrogens is 268 g/mol. The summed E-state index contributed by atoms with van der Waals surface area (Å²) in [6.45, 7) is 0. The van der Waals surface area contributed by atoms with Crippen LogP contribution >= 0.6 is 0 Å². The van der Waals surface area contributed by atoms with Crippen LogP contribution < -0.4 is 0 Å². The Bertz CT molecular complexity index is 617. The highest BCUT2D eigenvalue weighted by molar-refractivity contribution is 5.85. The Hall–Kier alpha value is -2.38. The number of carboxylic acids is 1. The molecule has 2 rings (SSSR count). The van der Waals surface area contributed by atoms with Crippen LogP contribution in [0.4, 0.5) is 17.6 Å². The van der Waals surface area contributed by atoms with Crippen LogP contribution in [0.1, 0.15) is 16.2 Å². The van der Waals surface area contributed by atoms with E-state index in [1.165, 1.54) is 0 Å². The molecule has 0 aliphatic carbocycles. The Balaban J connectivity index is 2.61. The molecule has 0 atom stereocenters. The SMILES string of the molecule is O=C(O)c1cc(C(F)(F)F)n(-c2ccc(F)cc2)n1. The zero-order valence-electron chi connectivity index (χ0n) is 9.15. The molecule has 0 amide bonds. The van der Waals surface area contributed by atoms with Crippen LogP contribution in [0.25, 0.3) is 5.69 Å². The number of rotatable bonds is 2. The third kappa shape index (κ3) is 2.56. The van der Waals surface area contributed by atoms with Gasteiger partial charge in [-0.05, 0) is 24.3 Å². The highest BCUT2D eigenvalue weighted by Gasteiger charge is 2.37. The van der Waals surface area contributed by atoms with E-state index >= 15 is 0 Å². The summed E-state index contributed by atoms with van der Waals surface area (Å²) in [7, 11) is 0. The van der Waals surface area contributed by atoms with Crippen LogP contribution in [0, 0.1) is 5.82 Å². The van der Waals surface area contributed by atoms with Gasteiger partial charge in [-0.2, -0.15) is 18.3 Å². The van der Waals surface area contributed by atoms with E-state index in [-0.39, 0.29) is 5.69 Å². The molecule has 0 fully saturated rings. The lowest BCUT2D eigenvalue weighted by Crippen LogP contribution is -2.13. The summed E-state index contributed by atoms with van der Waals surface area (Å²) in [6, 6.07) is 4.48. The summed E-state index contributed by atoms with van der Waals surface area (Å²) in [5.74, 6) is -2.20. The average molecular weight is 274 g/mol. The van der Waals surface area contributed by atoms with Gasteiger partial charge in [-0.1, -0.05) is 0 Å². The second-order valence-electron chi connectivity index (χ2n) is 3.61. The third-order valence-corrected chi connectivity index (χ3v) is 2.29. The van der Waals surface area contributed by atoms with E-state index in [1.807, 2.05) is 0 Å². The number of alkyl halides is 3. The van der Waals surface area contributed by atoms with Gasteiger partial charge in [0.05, 0.1) is 5.69 Å². The molecule has 2 aromatic rings. The lowest BCUT2D eigenvalue weighted by molar-refractivity contribution is -0.142. The van der Waals surface area contributed by atoms with Crippen LogP contribution in [0.3, 0.4) is 0 Å². The van der Waals surface area contributed by atoms with Crippen molar-refractivity contribution in [2.45, 2.75) is 6.18 Å². The van der Waals surface area contributed by atoms with Gasteiger partial charge >= 0.3 is 12.1 Å². The van der Waals surface area contributed by atoms with E-state index in [2.05, 4.69) is 5.10 Å². The summed E-state index contributed by atoms with van der Waals surface area (Å²) in [4.78, 5) is 10.7. The van der Waals surface area contributed by atoms with E-state index in [4.69, 9.17) is 5.11 Å². The topological polar surface area (TPSA) is 55.1 Å². The Morgan fingerprint density at radius 3 is 2.26 bits per heavy atom. The third-order valence-electron chi connectivity index (χ3n) is 2.29. The number of hydrogen-bond acceptors (Lipinski definition) is 2. The standard InChI is InChI=1S/C11H6F4N2O2/c12-6-1-3-7(4-2-6)17-9(11(13,14)15)5-8(16-17)10(18)19/h1-5H,(H,18,19). The largest absolute Gasteiger partial charge is 0.476 e. The first kappa shape index (κ1) is 13.1. The number of benzene rings is 1. The zero-order chi connectivity index (χ0) is 14.2. The molecule has 0 bridgehead atoms. The smallest absolute Gasteiger partial charge is 0.433 e. The first-order valence-electron chi connectivity index (χ1n) is 4.95. The fourth-order valence-corrected chi connectivity index (χ4v) is 1.47. The molecule has 0 unspecified atom stereocenters. The van der Waals surface area contributed by atoms with Crippen molar-refractivity contribution in [1.29, 1.82) is 0 Å². The maximum Gasteiger partial charge on any atom is 0.433 e. The molecule has 0 saturated carbocycles. The normalized spacial score (nSPS) is 11.6. The van der Waals surface area contributed by atoms with Crippen LogP contribution in [0.5, 0.6) is 0 Å². The van der Waals surface area contributed by atoms with Crippen molar-refractivity contribution >= 4 is 5.97 Å². The van der Waals surface area contributed by atoms with Crippen LogP contribution in [-0.2, 0) is 6.18 Å². The summed E-state index contributed by atoms with van der Waals surface area (Å²) in [6.07, 6.45) is -4.77. The number of carboxylic acid groups (broad SMARTS) is 1. The van der Waals surface area contributed by atoms with Crippen LogP contribution in [0.15, 0.2) is 30.3 Å². The fourth-order valence-electron chi connectivity index (χ4n) is 1.47. The molecule has 0 radical (unpaired) electrons. The van der Waals surface area contributed by atoms with E-state index in [0.717, 1.165) is 24.3 Å². The number of nitrogens with zero attached hydrogens (tertiary/aromatic N) is 2. The summed E-state index contributed by atoms with van der Waals surface area (Å²) < 4.78 is 51.4. The van der Waals surface area contributed by atoms with Gasteiger partial charge in [-0.25, -0.2) is 13.9 Å². The van der Waals surface area contributed by atoms with Crippen molar-refractivity contribution in [3.8, 4) is 5.69 Å². The van der Waals surface area contributed by atoms with Crippen molar-refractivity contribution < 1.29 is 27.5 Å².